The molecule has 1 aromatic carbocycles. The van der Waals surface area contributed by atoms with Crippen molar-refractivity contribution in [1.29, 1.82) is 0 Å². The Morgan fingerprint density at radius 1 is 1.11 bits per heavy atom. The average molecular weight is 364 g/mol. The van der Waals surface area contributed by atoms with Gasteiger partial charge in [0, 0.05) is 31.1 Å². The van der Waals surface area contributed by atoms with Gasteiger partial charge in [0.15, 0.2) is 0 Å². The number of likely N-dealkylation sites (tertiary alicyclic amines) is 1. The van der Waals surface area contributed by atoms with Crippen molar-refractivity contribution in [2.24, 2.45) is 5.92 Å². The van der Waals surface area contributed by atoms with E-state index in [2.05, 4.69) is 46.5 Å². The smallest absolute Gasteiger partial charge is 0.257 e. The summed E-state index contributed by atoms with van der Waals surface area (Å²) < 4.78 is 0. The maximum atomic E-state index is 13.0. The summed E-state index contributed by atoms with van der Waals surface area (Å²) in [7, 11) is 0. The summed E-state index contributed by atoms with van der Waals surface area (Å²) in [4.78, 5) is 35.3. The van der Waals surface area contributed by atoms with E-state index in [1.54, 1.807) is 6.20 Å². The summed E-state index contributed by atoms with van der Waals surface area (Å²) in [6, 6.07) is 8.28. The van der Waals surface area contributed by atoms with Crippen molar-refractivity contribution in [3.63, 3.8) is 0 Å². The summed E-state index contributed by atoms with van der Waals surface area (Å²) >= 11 is 0. The van der Waals surface area contributed by atoms with Crippen LogP contribution in [0.25, 0.3) is 0 Å². The lowest BCUT2D eigenvalue weighted by Crippen LogP contribution is -2.41. The second kappa shape index (κ2) is 7.10. The van der Waals surface area contributed by atoms with E-state index in [1.807, 2.05) is 11.8 Å². The van der Waals surface area contributed by atoms with Crippen LogP contribution in [-0.2, 0) is 4.79 Å². The molecule has 0 radical (unpaired) electrons. The monoisotopic (exact) mass is 364 g/mol. The highest BCUT2D eigenvalue weighted by Crippen LogP contribution is 2.32. The highest BCUT2D eigenvalue weighted by atomic mass is 16.2. The molecule has 6 nitrogen and oxygen atoms in total. The molecular formula is C21H24N4O2. The molecule has 4 rings (SSSR count). The average Bonchev–Trinajstić information content (AvgIpc) is 3.44. The first-order valence-electron chi connectivity index (χ1n) is 9.45. The maximum absolute atomic E-state index is 13.0. The second-order valence-corrected chi connectivity index (χ2v) is 7.64. The van der Waals surface area contributed by atoms with E-state index in [9.17, 15) is 9.59 Å². The van der Waals surface area contributed by atoms with Crippen molar-refractivity contribution in [1.82, 2.24) is 20.2 Å². The van der Waals surface area contributed by atoms with Crippen LogP contribution < -0.4 is 5.32 Å². The standard InChI is InChI=1S/C21H24N4O2/c1-13-3-5-15(6-4-13)18-10-25(11-19(18)24-20(26)16-7-8-16)21(27)17-9-22-12-23-14(17)2/h3-6,9,12,16,18-19H,7-8,10-11H2,1-2H3,(H,24,26). The van der Waals surface area contributed by atoms with Crippen LogP contribution in [0.5, 0.6) is 0 Å². The predicted molar refractivity (Wildman–Crippen MR) is 101 cm³/mol. The summed E-state index contributed by atoms with van der Waals surface area (Å²) in [6.45, 7) is 4.95. The lowest BCUT2D eigenvalue weighted by molar-refractivity contribution is -0.123. The van der Waals surface area contributed by atoms with Crippen molar-refractivity contribution in [3.8, 4) is 0 Å². The first-order valence-corrected chi connectivity index (χ1v) is 9.45. The van der Waals surface area contributed by atoms with Crippen molar-refractivity contribution in [2.75, 3.05) is 13.1 Å². The zero-order chi connectivity index (χ0) is 19.0. The lowest BCUT2D eigenvalue weighted by Gasteiger charge is -2.20. The zero-order valence-electron chi connectivity index (χ0n) is 15.7. The minimum Gasteiger partial charge on any atom is -0.351 e. The number of hydrogen-bond acceptors (Lipinski definition) is 4. The largest absolute Gasteiger partial charge is 0.351 e. The third-order valence-corrected chi connectivity index (χ3v) is 5.53. The van der Waals surface area contributed by atoms with Gasteiger partial charge in [0.05, 0.1) is 17.3 Å². The molecule has 1 saturated heterocycles. The Kier molecular flexibility index (Phi) is 4.64. The van der Waals surface area contributed by atoms with Crippen molar-refractivity contribution in [3.05, 3.63) is 59.2 Å². The number of benzene rings is 1. The molecule has 2 unspecified atom stereocenters. The fourth-order valence-electron chi connectivity index (χ4n) is 3.68. The molecule has 2 heterocycles. The number of aryl methyl sites for hydroxylation is 2. The molecule has 140 valence electrons. The van der Waals surface area contributed by atoms with E-state index in [1.165, 1.54) is 11.9 Å². The topological polar surface area (TPSA) is 75.2 Å². The Labute approximate surface area is 159 Å². The van der Waals surface area contributed by atoms with Gasteiger partial charge in [0.25, 0.3) is 5.91 Å². The van der Waals surface area contributed by atoms with Gasteiger partial charge in [-0.15, -0.1) is 0 Å². The predicted octanol–water partition coefficient (Wildman–Crippen LogP) is 2.23. The third kappa shape index (κ3) is 3.70. The fourth-order valence-corrected chi connectivity index (χ4v) is 3.68. The molecular weight excluding hydrogens is 340 g/mol. The molecule has 1 aromatic heterocycles. The van der Waals surface area contributed by atoms with Crippen LogP contribution in [-0.4, -0.2) is 45.8 Å². The SMILES string of the molecule is Cc1ccc(C2CN(C(=O)c3cncnc3C)CC2NC(=O)C2CC2)cc1. The van der Waals surface area contributed by atoms with E-state index in [0.717, 1.165) is 18.4 Å². The van der Waals surface area contributed by atoms with Crippen LogP contribution >= 0.6 is 0 Å². The highest BCUT2D eigenvalue weighted by molar-refractivity contribution is 5.95. The maximum Gasteiger partial charge on any atom is 0.257 e. The van der Waals surface area contributed by atoms with Crippen molar-refractivity contribution < 1.29 is 9.59 Å². The van der Waals surface area contributed by atoms with Crippen LogP contribution in [0.15, 0.2) is 36.8 Å². The first-order chi connectivity index (χ1) is 13.0. The van der Waals surface area contributed by atoms with Crippen LogP contribution in [0.2, 0.25) is 0 Å². The summed E-state index contributed by atoms with van der Waals surface area (Å²) in [6.07, 6.45) is 4.96. The van der Waals surface area contributed by atoms with Gasteiger partial charge in [-0.2, -0.15) is 0 Å². The number of aromatic nitrogens is 2. The van der Waals surface area contributed by atoms with Gasteiger partial charge in [-0.1, -0.05) is 29.8 Å². The molecule has 2 atom stereocenters. The molecule has 1 aliphatic carbocycles. The number of hydrogen-bond donors (Lipinski definition) is 1. The van der Waals surface area contributed by atoms with Gasteiger partial charge in [0.1, 0.15) is 6.33 Å². The molecule has 2 aliphatic rings. The van der Waals surface area contributed by atoms with E-state index in [-0.39, 0.29) is 29.7 Å². The Morgan fingerprint density at radius 2 is 1.85 bits per heavy atom. The van der Waals surface area contributed by atoms with Gasteiger partial charge in [-0.05, 0) is 32.3 Å². The number of rotatable bonds is 4. The lowest BCUT2D eigenvalue weighted by atomic mass is 9.93. The third-order valence-electron chi connectivity index (χ3n) is 5.53. The summed E-state index contributed by atoms with van der Waals surface area (Å²) in [5.41, 5.74) is 3.54. The van der Waals surface area contributed by atoms with E-state index in [4.69, 9.17) is 0 Å². The Hall–Kier alpha value is -2.76. The molecule has 0 spiro atoms. The minimum atomic E-state index is -0.0756. The number of nitrogens with zero attached hydrogens (tertiary/aromatic N) is 3. The molecule has 0 bridgehead atoms. The highest BCUT2D eigenvalue weighted by Gasteiger charge is 2.40. The normalized spacial score (nSPS) is 21.9. The number of carbonyl (C=O) groups is 2. The van der Waals surface area contributed by atoms with Gasteiger partial charge in [-0.3, -0.25) is 9.59 Å². The Bertz CT molecular complexity index is 861. The van der Waals surface area contributed by atoms with E-state index in [0.29, 0.717) is 24.3 Å². The number of amides is 2. The number of nitrogens with one attached hydrogen (secondary N) is 1. The summed E-state index contributed by atoms with van der Waals surface area (Å²) in [5, 5.41) is 3.19. The molecule has 1 aliphatic heterocycles. The fraction of sp³-hybridized carbons (Fsp3) is 0.429. The molecule has 2 fully saturated rings. The molecule has 27 heavy (non-hydrogen) atoms. The van der Waals surface area contributed by atoms with Crippen LogP contribution in [0.3, 0.4) is 0 Å². The van der Waals surface area contributed by atoms with E-state index < -0.39 is 0 Å². The Morgan fingerprint density at radius 3 is 2.52 bits per heavy atom. The molecule has 1 saturated carbocycles. The molecule has 2 amide bonds. The van der Waals surface area contributed by atoms with Crippen molar-refractivity contribution in [2.45, 2.75) is 38.6 Å². The van der Waals surface area contributed by atoms with E-state index >= 15 is 0 Å². The zero-order valence-corrected chi connectivity index (χ0v) is 15.7. The second-order valence-electron chi connectivity index (χ2n) is 7.64. The van der Waals surface area contributed by atoms with Crippen LogP contribution in [0.4, 0.5) is 0 Å². The van der Waals surface area contributed by atoms with Gasteiger partial charge >= 0.3 is 0 Å². The molecule has 1 N–H and O–H groups in total. The molecule has 6 heteroatoms. The number of carbonyl (C=O) groups excluding carboxylic acids is 2. The van der Waals surface area contributed by atoms with Crippen molar-refractivity contribution >= 4 is 11.8 Å². The van der Waals surface area contributed by atoms with Gasteiger partial charge < -0.3 is 10.2 Å². The quantitative estimate of drug-likeness (QED) is 0.903. The molecule has 2 aromatic rings. The first kappa shape index (κ1) is 17.6. The summed E-state index contributed by atoms with van der Waals surface area (Å²) in [5.74, 6) is 0.277. The minimum absolute atomic E-state index is 0.0744. The Balaban J connectivity index is 1.58. The van der Waals surface area contributed by atoms with Gasteiger partial charge in [-0.25, -0.2) is 9.97 Å². The van der Waals surface area contributed by atoms with Gasteiger partial charge in [0.2, 0.25) is 5.91 Å². The van der Waals surface area contributed by atoms with Crippen LogP contribution in [0.1, 0.15) is 45.9 Å². The van der Waals surface area contributed by atoms with Crippen LogP contribution in [0, 0.1) is 19.8 Å².